The Bertz CT molecular complexity index is 2020. The molecule has 0 radical (unpaired) electrons. The van der Waals surface area contributed by atoms with Crippen molar-refractivity contribution in [1.82, 2.24) is 0 Å². The molecular formula is C38H26. The number of allylic oxidation sites excluding steroid dienone is 8. The molecule has 0 aromatic heterocycles. The zero-order valence-electron chi connectivity index (χ0n) is 21.0. The second kappa shape index (κ2) is 8.43. The van der Waals surface area contributed by atoms with Crippen molar-refractivity contribution in [2.24, 2.45) is 11.8 Å². The van der Waals surface area contributed by atoms with E-state index in [4.69, 9.17) is 0 Å². The number of hydrogen-bond donors (Lipinski definition) is 0. The van der Waals surface area contributed by atoms with Gasteiger partial charge in [0.2, 0.25) is 0 Å². The second-order valence-electron chi connectivity index (χ2n) is 10.5. The van der Waals surface area contributed by atoms with Gasteiger partial charge in [0.25, 0.3) is 0 Å². The Morgan fingerprint density at radius 2 is 1.13 bits per heavy atom. The highest BCUT2D eigenvalue weighted by Gasteiger charge is 2.28. The highest BCUT2D eigenvalue weighted by Crippen LogP contribution is 2.40. The Balaban J connectivity index is 1.36. The van der Waals surface area contributed by atoms with Gasteiger partial charge in [0.15, 0.2) is 0 Å². The van der Waals surface area contributed by atoms with E-state index in [0.29, 0.717) is 11.8 Å². The van der Waals surface area contributed by atoms with Crippen LogP contribution < -0.4 is 10.4 Å². The smallest absolute Gasteiger partial charge is 0.0131 e. The van der Waals surface area contributed by atoms with Crippen LogP contribution in [-0.4, -0.2) is 0 Å². The van der Waals surface area contributed by atoms with Crippen LogP contribution in [0.25, 0.3) is 56.0 Å². The van der Waals surface area contributed by atoms with Crippen LogP contribution in [0.1, 0.15) is 0 Å². The quantitative estimate of drug-likeness (QED) is 0.238. The van der Waals surface area contributed by atoms with Gasteiger partial charge in [0.1, 0.15) is 0 Å². The fourth-order valence-corrected chi connectivity index (χ4v) is 6.64. The number of hydrogen-bond acceptors (Lipinski definition) is 0. The van der Waals surface area contributed by atoms with E-state index >= 15 is 0 Å². The third-order valence-electron chi connectivity index (χ3n) is 8.45. The molecule has 3 aliphatic carbocycles. The van der Waals surface area contributed by atoms with Crippen molar-refractivity contribution in [1.29, 1.82) is 0 Å². The average molecular weight is 483 g/mol. The molecule has 8 rings (SSSR count). The average Bonchev–Trinajstić information content (AvgIpc) is 2.99. The van der Waals surface area contributed by atoms with Crippen LogP contribution >= 0.6 is 0 Å². The Kier molecular flexibility index (Phi) is 4.75. The molecule has 0 saturated heterocycles. The first-order chi connectivity index (χ1) is 18.8. The van der Waals surface area contributed by atoms with Gasteiger partial charge in [-0.05, 0) is 65.4 Å². The molecule has 2 unspecified atom stereocenters. The largest absolute Gasteiger partial charge is 0.0761 e. The van der Waals surface area contributed by atoms with E-state index in [2.05, 4.69) is 146 Å². The van der Waals surface area contributed by atoms with Gasteiger partial charge in [0, 0.05) is 11.8 Å². The molecule has 5 aromatic rings. The summed E-state index contributed by atoms with van der Waals surface area (Å²) in [5, 5.41) is 7.81. The lowest BCUT2D eigenvalue weighted by Gasteiger charge is -2.31. The zero-order valence-corrected chi connectivity index (χ0v) is 21.0. The maximum atomic E-state index is 2.52. The lowest BCUT2D eigenvalue weighted by atomic mass is 9.73. The van der Waals surface area contributed by atoms with Crippen LogP contribution in [0, 0.1) is 11.8 Å². The molecule has 0 saturated carbocycles. The predicted molar refractivity (Wildman–Crippen MR) is 162 cm³/mol. The first kappa shape index (κ1) is 21.4. The molecular weight excluding hydrogens is 456 g/mol. The SMILES string of the molecule is C1=CC2=CC=C3C=c4cccc(-c5ccc(-c6cccc7ccccc67)c6ccccc56)c4=CC3C2C=C1. The molecule has 0 aliphatic heterocycles. The van der Waals surface area contributed by atoms with Gasteiger partial charge in [-0.1, -0.05) is 146 Å². The summed E-state index contributed by atoms with van der Waals surface area (Å²) in [6.45, 7) is 0. The lowest BCUT2D eigenvalue weighted by molar-refractivity contribution is 0.648. The fraction of sp³-hybridized carbons (Fsp3) is 0.0526. The predicted octanol–water partition coefficient (Wildman–Crippen LogP) is 8.13. The third kappa shape index (κ3) is 3.24. The van der Waals surface area contributed by atoms with Crippen molar-refractivity contribution < 1.29 is 0 Å². The molecule has 0 bridgehead atoms. The Morgan fingerprint density at radius 1 is 0.474 bits per heavy atom. The minimum atomic E-state index is 0.367. The molecule has 38 heavy (non-hydrogen) atoms. The summed E-state index contributed by atoms with van der Waals surface area (Å²) in [6.07, 6.45) is 18.5. The van der Waals surface area contributed by atoms with E-state index in [1.54, 1.807) is 0 Å². The zero-order chi connectivity index (χ0) is 25.1. The van der Waals surface area contributed by atoms with Crippen molar-refractivity contribution in [2.75, 3.05) is 0 Å². The van der Waals surface area contributed by atoms with Crippen LogP contribution in [0.15, 0.2) is 145 Å². The van der Waals surface area contributed by atoms with Crippen molar-refractivity contribution in [2.45, 2.75) is 0 Å². The van der Waals surface area contributed by atoms with Gasteiger partial charge in [-0.15, -0.1) is 0 Å². The molecule has 0 N–H and O–H groups in total. The van der Waals surface area contributed by atoms with Crippen molar-refractivity contribution in [3.05, 3.63) is 155 Å². The molecule has 178 valence electrons. The standard InChI is InChI=1S/C38H26/c1-3-13-29-25(9-1)11-7-17-31(29)35-21-22-36(33-16-6-5-15-32(33)35)34-18-8-12-27-23-28-20-19-26-10-2-4-14-30(26)37(28)24-38(27)34/h1-24,30,37H. The van der Waals surface area contributed by atoms with E-state index in [1.165, 1.54) is 65.4 Å². The molecule has 0 heteroatoms. The number of benzene rings is 5. The van der Waals surface area contributed by atoms with E-state index in [0.717, 1.165) is 0 Å². The van der Waals surface area contributed by atoms with Crippen LogP contribution in [0.3, 0.4) is 0 Å². The molecule has 5 aromatic carbocycles. The summed E-state index contributed by atoms with van der Waals surface area (Å²) in [4.78, 5) is 0. The van der Waals surface area contributed by atoms with Crippen molar-refractivity contribution >= 4 is 33.7 Å². The second-order valence-corrected chi connectivity index (χ2v) is 10.5. The van der Waals surface area contributed by atoms with E-state index in [1.807, 2.05) is 0 Å². The molecule has 0 heterocycles. The van der Waals surface area contributed by atoms with Gasteiger partial charge in [-0.2, -0.15) is 0 Å². The third-order valence-corrected chi connectivity index (χ3v) is 8.45. The minimum Gasteiger partial charge on any atom is -0.0761 e. The van der Waals surface area contributed by atoms with Crippen LogP contribution in [0.2, 0.25) is 0 Å². The lowest BCUT2D eigenvalue weighted by Crippen LogP contribution is -2.34. The number of rotatable bonds is 2. The van der Waals surface area contributed by atoms with Crippen molar-refractivity contribution in [3.63, 3.8) is 0 Å². The summed E-state index contributed by atoms with van der Waals surface area (Å²) < 4.78 is 0. The highest BCUT2D eigenvalue weighted by molar-refractivity contribution is 6.09. The number of fused-ring (bicyclic) bond motifs is 6. The van der Waals surface area contributed by atoms with Gasteiger partial charge in [0.05, 0.1) is 0 Å². The monoisotopic (exact) mass is 482 g/mol. The maximum Gasteiger partial charge on any atom is 0.0131 e. The van der Waals surface area contributed by atoms with Gasteiger partial charge in [-0.3, -0.25) is 0 Å². The Labute approximate surface area is 222 Å². The summed E-state index contributed by atoms with van der Waals surface area (Å²) in [5.74, 6) is 0.772. The maximum absolute atomic E-state index is 2.52. The molecule has 0 spiro atoms. The van der Waals surface area contributed by atoms with Crippen LogP contribution in [0.5, 0.6) is 0 Å². The first-order valence-electron chi connectivity index (χ1n) is 13.4. The van der Waals surface area contributed by atoms with E-state index in [9.17, 15) is 0 Å². The topological polar surface area (TPSA) is 0 Å². The minimum absolute atomic E-state index is 0.367. The van der Waals surface area contributed by atoms with Crippen molar-refractivity contribution in [3.8, 4) is 22.3 Å². The summed E-state index contributed by atoms with van der Waals surface area (Å²) >= 11 is 0. The van der Waals surface area contributed by atoms with E-state index < -0.39 is 0 Å². The molecule has 0 fully saturated rings. The van der Waals surface area contributed by atoms with Gasteiger partial charge in [-0.25, -0.2) is 0 Å². The molecule has 2 atom stereocenters. The highest BCUT2D eigenvalue weighted by atomic mass is 14.3. The first-order valence-corrected chi connectivity index (χ1v) is 13.4. The Morgan fingerprint density at radius 3 is 2.00 bits per heavy atom. The normalized spacial score (nSPS) is 19.1. The van der Waals surface area contributed by atoms with Gasteiger partial charge < -0.3 is 0 Å². The Hall–Kier alpha value is -4.68. The molecule has 3 aliphatic rings. The summed E-state index contributed by atoms with van der Waals surface area (Å²) in [7, 11) is 0. The summed E-state index contributed by atoms with van der Waals surface area (Å²) in [6, 6.07) is 35.6. The van der Waals surface area contributed by atoms with Crippen LogP contribution in [-0.2, 0) is 0 Å². The fourth-order valence-electron chi connectivity index (χ4n) is 6.64. The van der Waals surface area contributed by atoms with Gasteiger partial charge >= 0.3 is 0 Å². The molecule has 0 nitrogen and oxygen atoms in total. The van der Waals surface area contributed by atoms with E-state index in [-0.39, 0.29) is 0 Å². The molecule has 0 amide bonds. The summed E-state index contributed by atoms with van der Waals surface area (Å²) in [5.41, 5.74) is 7.98. The van der Waals surface area contributed by atoms with Crippen LogP contribution in [0.4, 0.5) is 0 Å².